The average Bonchev–Trinajstić information content (AvgIpc) is 3.92. The molecule has 0 bridgehead atoms. The van der Waals surface area contributed by atoms with E-state index in [4.69, 9.17) is 18.9 Å². The van der Waals surface area contributed by atoms with E-state index >= 15 is 4.39 Å². The zero-order chi connectivity index (χ0) is 49.6. The maximum absolute atomic E-state index is 15.1. The second-order valence-corrected chi connectivity index (χ2v) is 19.6. The first-order chi connectivity index (χ1) is 33.5. The number of nitrogens with zero attached hydrogens (tertiary/aromatic N) is 5. The van der Waals surface area contributed by atoms with E-state index in [2.05, 4.69) is 15.5 Å². The first-order valence-electron chi connectivity index (χ1n) is 21.3. The summed E-state index contributed by atoms with van der Waals surface area (Å²) in [6, 6.07) is 27.8. The number of carbonyl (C=O) groups is 3. The van der Waals surface area contributed by atoms with Crippen LogP contribution in [0.3, 0.4) is 0 Å². The maximum Gasteiger partial charge on any atom is 0.287 e. The molecule has 9 rings (SSSR count). The van der Waals surface area contributed by atoms with Crippen molar-refractivity contribution in [2.75, 3.05) is 31.0 Å². The van der Waals surface area contributed by atoms with Crippen molar-refractivity contribution >= 4 is 70.8 Å². The van der Waals surface area contributed by atoms with E-state index in [0.29, 0.717) is 17.4 Å². The second kappa shape index (κ2) is 18.4. The van der Waals surface area contributed by atoms with Crippen LogP contribution in [0.4, 0.5) is 20.2 Å². The van der Waals surface area contributed by atoms with Gasteiger partial charge in [-0.2, -0.15) is 16.8 Å². The molecule has 0 saturated heterocycles. The minimum absolute atomic E-state index is 0.0163. The van der Waals surface area contributed by atoms with Gasteiger partial charge in [0.25, 0.3) is 32.2 Å². The molecule has 70 heavy (non-hydrogen) atoms. The number of hydrogen-bond donors (Lipinski definition) is 1. The Labute approximate surface area is 398 Å². The second-order valence-electron chi connectivity index (χ2n) is 16.1. The van der Waals surface area contributed by atoms with Gasteiger partial charge in [-0.15, -0.1) is 18.4 Å². The van der Waals surface area contributed by atoms with Gasteiger partial charge >= 0.3 is 0 Å². The molecule has 0 fully saturated rings. The first kappa shape index (κ1) is 46.9. The number of nitrogens with one attached hydrogen (secondary N) is 1. The molecule has 1 atom stereocenters. The van der Waals surface area contributed by atoms with Crippen molar-refractivity contribution in [3.63, 3.8) is 0 Å². The zero-order valence-corrected chi connectivity index (χ0v) is 39.2. The molecular weight excluding hydrogens is 951 g/mol. The number of carbonyl (C=O) groups excluding carboxylic acids is 3. The number of aryl methyl sites for hydroxylation is 3. The van der Waals surface area contributed by atoms with Crippen LogP contribution in [0, 0.1) is 25.5 Å². The molecule has 21 heteroatoms. The van der Waals surface area contributed by atoms with Gasteiger partial charge in [-0.1, -0.05) is 35.4 Å². The van der Waals surface area contributed by atoms with Crippen LogP contribution in [0.1, 0.15) is 33.5 Å². The van der Waals surface area contributed by atoms with Crippen LogP contribution in [0.25, 0.3) is 21.8 Å². The van der Waals surface area contributed by atoms with Crippen molar-refractivity contribution in [3.05, 3.63) is 155 Å². The number of fused-ring (bicyclic) bond motifs is 3. The Morgan fingerprint density at radius 2 is 1.24 bits per heavy atom. The number of ketones is 1. The van der Waals surface area contributed by atoms with Crippen molar-refractivity contribution in [2.45, 2.75) is 42.7 Å². The van der Waals surface area contributed by atoms with E-state index in [9.17, 15) is 35.6 Å². The number of hydrogen-bond acceptors (Lipinski definition) is 13. The third-order valence-corrected chi connectivity index (χ3v) is 14.7. The Balaban J connectivity index is 1.06. The lowest BCUT2D eigenvalue weighted by Gasteiger charge is -2.34. The Morgan fingerprint density at radius 1 is 0.686 bits per heavy atom. The van der Waals surface area contributed by atoms with Gasteiger partial charge in [0.05, 0.1) is 57.2 Å². The summed E-state index contributed by atoms with van der Waals surface area (Å²) in [6.45, 7) is 3.00. The Morgan fingerprint density at radius 3 is 1.80 bits per heavy atom. The quantitative estimate of drug-likeness (QED) is 0.0998. The molecule has 1 N–H and O–H groups in total. The van der Waals surface area contributed by atoms with Crippen LogP contribution < -0.4 is 29.2 Å². The molecule has 3 heterocycles. The number of halogens is 2. The summed E-state index contributed by atoms with van der Waals surface area (Å²) in [5.74, 6) is -4.40. The van der Waals surface area contributed by atoms with Crippen LogP contribution in [-0.4, -0.2) is 79.9 Å². The molecule has 2 aromatic heterocycles. The summed E-state index contributed by atoms with van der Waals surface area (Å²) in [4.78, 5) is 43.2. The van der Waals surface area contributed by atoms with Gasteiger partial charge in [0, 0.05) is 18.1 Å². The Bertz CT molecular complexity index is 3640. The normalized spacial score (nSPS) is 13.2. The SMILES string of the molecule is COc1ccc2c(c1)c(OCC(=O)c1ccc3c(c1)CCC(=O)N3C(Oc1nn(S(=O)(=O)c3ccc(C)cc3)c3ccc(OC)cc13)C(=O)Nc1ccc(F)cc1F)nn2S(=O)(=O)c1ccc(C)cc1. The van der Waals surface area contributed by atoms with E-state index in [1.54, 1.807) is 37.3 Å². The lowest BCUT2D eigenvalue weighted by Crippen LogP contribution is -2.53. The number of amides is 2. The van der Waals surface area contributed by atoms with Crippen molar-refractivity contribution in [3.8, 4) is 23.3 Å². The number of ether oxygens (including phenoxy) is 4. The van der Waals surface area contributed by atoms with Gasteiger partial charge in [0.2, 0.25) is 17.7 Å². The molecular formula is C49H40F2N6O11S2. The van der Waals surface area contributed by atoms with E-state index in [1.807, 2.05) is 6.92 Å². The number of benzene rings is 6. The Kier molecular flexibility index (Phi) is 12.3. The lowest BCUT2D eigenvalue weighted by molar-refractivity contribution is -0.128. The molecule has 358 valence electrons. The number of methoxy groups -OCH3 is 2. The third kappa shape index (κ3) is 8.75. The molecule has 2 amide bonds. The smallest absolute Gasteiger partial charge is 0.287 e. The zero-order valence-electron chi connectivity index (χ0n) is 37.5. The van der Waals surface area contributed by atoms with Crippen LogP contribution >= 0.6 is 0 Å². The van der Waals surface area contributed by atoms with E-state index in [1.165, 1.54) is 87.0 Å². The maximum atomic E-state index is 15.1. The summed E-state index contributed by atoms with van der Waals surface area (Å²) in [7, 11) is -5.82. The molecule has 1 unspecified atom stereocenters. The van der Waals surface area contributed by atoms with Crippen molar-refractivity contribution in [1.82, 2.24) is 18.4 Å². The van der Waals surface area contributed by atoms with Crippen LogP contribution in [0.2, 0.25) is 0 Å². The molecule has 0 aliphatic carbocycles. The molecule has 1 aliphatic heterocycles. The summed E-state index contributed by atoms with van der Waals surface area (Å²) in [6.07, 6.45) is -2.16. The lowest BCUT2D eigenvalue weighted by atomic mass is 9.97. The van der Waals surface area contributed by atoms with Gasteiger partial charge in [-0.25, -0.2) is 8.78 Å². The van der Waals surface area contributed by atoms with Gasteiger partial charge in [-0.3, -0.25) is 19.3 Å². The monoisotopic (exact) mass is 990 g/mol. The highest BCUT2D eigenvalue weighted by molar-refractivity contribution is 7.90. The predicted octanol–water partition coefficient (Wildman–Crippen LogP) is 7.36. The molecule has 0 radical (unpaired) electrons. The highest BCUT2D eigenvalue weighted by Gasteiger charge is 2.39. The molecule has 8 aromatic rings. The Hall–Kier alpha value is -8.17. The van der Waals surface area contributed by atoms with Crippen molar-refractivity contribution < 1.29 is 58.9 Å². The van der Waals surface area contributed by atoms with Crippen LogP contribution in [0.15, 0.2) is 131 Å². The van der Waals surface area contributed by atoms with Gasteiger partial charge in [-0.05, 0) is 117 Å². The minimum atomic E-state index is -4.41. The average molecular weight is 991 g/mol. The molecule has 0 spiro atoms. The van der Waals surface area contributed by atoms with Crippen LogP contribution in [-0.2, 0) is 36.1 Å². The summed E-state index contributed by atoms with van der Waals surface area (Å²) in [5.41, 5.74) is 1.96. The van der Waals surface area contributed by atoms with Crippen LogP contribution in [0.5, 0.6) is 23.3 Å². The first-order valence-corrected chi connectivity index (χ1v) is 24.2. The topological polar surface area (TPSA) is 207 Å². The minimum Gasteiger partial charge on any atom is -0.497 e. The van der Waals surface area contributed by atoms with Gasteiger partial charge in [0.1, 0.15) is 23.1 Å². The fraction of sp³-hybridized carbons (Fsp3) is 0.163. The fourth-order valence-corrected chi connectivity index (χ4v) is 10.4. The van der Waals surface area contributed by atoms with Crippen molar-refractivity contribution in [2.24, 2.45) is 0 Å². The van der Waals surface area contributed by atoms with Gasteiger partial charge < -0.3 is 24.3 Å². The predicted molar refractivity (Wildman–Crippen MR) is 252 cm³/mol. The largest absolute Gasteiger partial charge is 0.497 e. The number of aromatic nitrogens is 4. The number of anilines is 2. The third-order valence-electron chi connectivity index (χ3n) is 11.5. The summed E-state index contributed by atoms with van der Waals surface area (Å²) in [5, 5.41) is 11.2. The fourth-order valence-electron chi connectivity index (χ4n) is 7.80. The van der Waals surface area contributed by atoms with E-state index in [-0.39, 0.29) is 67.3 Å². The molecule has 1 aliphatic rings. The van der Waals surface area contributed by atoms with E-state index < -0.39 is 73.7 Å². The van der Waals surface area contributed by atoms with Crippen molar-refractivity contribution in [1.29, 1.82) is 0 Å². The molecule has 17 nitrogen and oxygen atoms in total. The highest BCUT2D eigenvalue weighted by Crippen LogP contribution is 2.37. The molecule has 6 aromatic carbocycles. The van der Waals surface area contributed by atoms with E-state index in [0.717, 1.165) is 36.3 Å². The summed E-state index contributed by atoms with van der Waals surface area (Å²) < 4.78 is 109. The van der Waals surface area contributed by atoms with Gasteiger partial charge in [0.15, 0.2) is 12.4 Å². The number of rotatable bonds is 15. The molecule has 0 saturated carbocycles. The standard InChI is InChI=1S/C49H40F2N6O11S2/c1-28-5-14-35(15-6-28)69(61,62)56-42-20-12-33(65-3)25-37(42)47(53-56)67-27-44(58)31-9-19-41-30(23-31)10-22-45(59)55(41)49(46(60)52-40-18-11-32(50)24-39(40)51)68-48-38-26-34(66-4)13-21-43(38)57(54-48)70(63,64)36-16-7-29(2)8-17-36/h5-9,11-21,23-26,49H,10,22,27H2,1-4H3,(H,52,60). The number of Topliss-reactive ketones (excluding diaryl/α,β-unsaturated/α-hetero) is 1. The summed E-state index contributed by atoms with van der Waals surface area (Å²) >= 11 is 0. The highest BCUT2D eigenvalue weighted by atomic mass is 32.2.